The third-order valence-corrected chi connectivity index (χ3v) is 5.34. The molecule has 163 valence electrons. The number of fused-ring (bicyclic) bond motifs is 1. The summed E-state index contributed by atoms with van der Waals surface area (Å²) in [5, 5.41) is 14.1. The van der Waals surface area contributed by atoms with E-state index in [1.807, 2.05) is 26.2 Å². The number of hydrogen-bond acceptors (Lipinski definition) is 5. The Hall–Kier alpha value is -3.35. The summed E-state index contributed by atoms with van der Waals surface area (Å²) >= 11 is 6.11. The molecule has 0 aliphatic rings. The molecule has 7 heteroatoms. The van der Waals surface area contributed by atoms with E-state index in [1.165, 1.54) is 31.0 Å². The average Bonchev–Trinajstić information content (AvgIpc) is 2.76. The van der Waals surface area contributed by atoms with E-state index in [0.717, 1.165) is 12.2 Å². The van der Waals surface area contributed by atoms with Gasteiger partial charge in [0.2, 0.25) is 0 Å². The number of anilines is 2. The molecule has 3 aromatic carbocycles. The van der Waals surface area contributed by atoms with Crippen LogP contribution in [0.2, 0.25) is 5.02 Å². The van der Waals surface area contributed by atoms with Crippen molar-refractivity contribution >= 4 is 33.9 Å². The lowest BCUT2D eigenvalue weighted by molar-refractivity contribution is 0.374. The Morgan fingerprint density at radius 1 is 1.16 bits per heavy atom. The van der Waals surface area contributed by atoms with Crippen LogP contribution >= 0.6 is 11.6 Å². The first-order valence-electron chi connectivity index (χ1n) is 9.93. The number of phenolic OH excluding ortho intramolecular Hbond substituents is 1. The molecule has 2 N–H and O–H groups in total. The lowest BCUT2D eigenvalue weighted by Crippen LogP contribution is -2.10. The van der Waals surface area contributed by atoms with E-state index in [0.29, 0.717) is 27.7 Å². The maximum Gasteiger partial charge on any atom is 0.176 e. The van der Waals surface area contributed by atoms with Gasteiger partial charge in [-0.05, 0) is 55.6 Å². The van der Waals surface area contributed by atoms with Gasteiger partial charge < -0.3 is 20.1 Å². The van der Waals surface area contributed by atoms with E-state index in [4.69, 9.17) is 16.3 Å². The number of methoxy groups -OCH3 is 1. The second kappa shape index (κ2) is 9.02. The van der Waals surface area contributed by atoms with Gasteiger partial charge in [0, 0.05) is 41.5 Å². The summed E-state index contributed by atoms with van der Waals surface area (Å²) in [7, 11) is 5.46. The number of aromatic nitrogens is 1. The molecule has 32 heavy (non-hydrogen) atoms. The van der Waals surface area contributed by atoms with Crippen LogP contribution in [-0.2, 0) is 6.54 Å². The van der Waals surface area contributed by atoms with Gasteiger partial charge in [0.05, 0.1) is 23.3 Å². The molecule has 0 saturated carbocycles. The van der Waals surface area contributed by atoms with Crippen molar-refractivity contribution in [3.63, 3.8) is 0 Å². The fraction of sp³-hybridized carbons (Fsp3) is 0.160. The first kappa shape index (κ1) is 21.9. The zero-order chi connectivity index (χ0) is 22.8. The highest BCUT2D eigenvalue weighted by molar-refractivity contribution is 6.32. The van der Waals surface area contributed by atoms with Crippen LogP contribution in [0.4, 0.5) is 15.8 Å². The van der Waals surface area contributed by atoms with Gasteiger partial charge in [0.25, 0.3) is 0 Å². The summed E-state index contributed by atoms with van der Waals surface area (Å²) in [6, 6.07) is 17.3. The molecule has 0 unspecified atom stereocenters. The van der Waals surface area contributed by atoms with Crippen LogP contribution < -0.4 is 10.1 Å². The molecular formula is C25H22ClFN3O2. The normalized spacial score (nSPS) is 11.2. The van der Waals surface area contributed by atoms with Crippen molar-refractivity contribution in [3.8, 4) is 22.6 Å². The van der Waals surface area contributed by atoms with Crippen molar-refractivity contribution in [2.24, 2.45) is 0 Å². The second-order valence-corrected chi connectivity index (χ2v) is 8.10. The van der Waals surface area contributed by atoms with E-state index < -0.39 is 5.82 Å². The van der Waals surface area contributed by atoms with Crippen molar-refractivity contribution in [2.75, 3.05) is 26.5 Å². The maximum atomic E-state index is 15.0. The Morgan fingerprint density at radius 3 is 2.59 bits per heavy atom. The molecular weight excluding hydrogens is 429 g/mol. The maximum absolute atomic E-state index is 15.0. The fourth-order valence-corrected chi connectivity index (χ4v) is 3.74. The summed E-state index contributed by atoms with van der Waals surface area (Å²) in [4.78, 5) is 6.36. The number of benzene rings is 3. The van der Waals surface area contributed by atoms with Gasteiger partial charge in [-0.25, -0.2) is 4.39 Å². The predicted octanol–water partition coefficient (Wildman–Crippen LogP) is 6.01. The number of hydrogen-bond donors (Lipinski definition) is 2. The Balaban J connectivity index is 1.75. The van der Waals surface area contributed by atoms with Crippen molar-refractivity contribution in [2.45, 2.75) is 6.54 Å². The zero-order valence-corrected chi connectivity index (χ0v) is 18.7. The molecule has 5 nitrogen and oxygen atoms in total. The summed E-state index contributed by atoms with van der Waals surface area (Å²) in [6.07, 6.45) is 1.52. The molecule has 0 spiro atoms. The molecule has 0 fully saturated rings. The lowest BCUT2D eigenvalue weighted by Gasteiger charge is -2.14. The topological polar surface area (TPSA) is 57.6 Å². The standard InChI is InChI=1S/C25H22ClFN3O2/c1-30(2)14-15-4-6-17(7-5-15)29-22-8-9-28-23-13-21(27)18(12-19(22)23)16-10-20(26)25(31)24(11-16)32-3/h4-7,9-13,31H,14H2,1-3H3,(H,28,29). The number of nitrogens with zero attached hydrogens (tertiary/aromatic N) is 2. The van der Waals surface area contributed by atoms with Crippen LogP contribution in [0.5, 0.6) is 11.5 Å². The third-order valence-electron chi connectivity index (χ3n) is 5.05. The van der Waals surface area contributed by atoms with Crippen molar-refractivity contribution in [1.29, 1.82) is 0 Å². The largest absolute Gasteiger partial charge is 0.503 e. The number of ether oxygens (including phenoxy) is 1. The first-order valence-corrected chi connectivity index (χ1v) is 10.3. The van der Waals surface area contributed by atoms with Crippen LogP contribution in [0.25, 0.3) is 22.0 Å². The van der Waals surface area contributed by atoms with Gasteiger partial charge in [-0.15, -0.1) is 0 Å². The Kier molecular flexibility index (Phi) is 6.17. The number of aromatic hydroxyl groups is 1. The van der Waals surface area contributed by atoms with Gasteiger partial charge in [0.1, 0.15) is 5.82 Å². The molecule has 0 amide bonds. The van der Waals surface area contributed by atoms with Crippen LogP contribution in [0.1, 0.15) is 5.56 Å². The van der Waals surface area contributed by atoms with Crippen molar-refractivity contribution < 1.29 is 14.2 Å². The van der Waals surface area contributed by atoms with Crippen molar-refractivity contribution in [1.82, 2.24) is 9.88 Å². The number of nitrogens with one attached hydrogen (secondary N) is 1. The van der Waals surface area contributed by atoms with Gasteiger partial charge in [-0.3, -0.25) is 4.98 Å². The summed E-state index contributed by atoms with van der Waals surface area (Å²) in [6.45, 7) is 0.853. The smallest absolute Gasteiger partial charge is 0.176 e. The van der Waals surface area contributed by atoms with E-state index in [9.17, 15) is 9.50 Å². The molecule has 0 saturated heterocycles. The highest BCUT2D eigenvalue weighted by Gasteiger charge is 2.15. The average molecular weight is 451 g/mol. The number of halogens is 2. The third kappa shape index (κ3) is 4.47. The van der Waals surface area contributed by atoms with E-state index in [-0.39, 0.29) is 16.5 Å². The Labute approximate surface area is 191 Å². The minimum absolute atomic E-state index is 0.0766. The van der Waals surface area contributed by atoms with Crippen molar-refractivity contribution in [3.05, 3.63) is 77.2 Å². The predicted molar refractivity (Wildman–Crippen MR) is 126 cm³/mol. The minimum Gasteiger partial charge on any atom is -0.503 e. The van der Waals surface area contributed by atoms with E-state index >= 15 is 0 Å². The second-order valence-electron chi connectivity index (χ2n) is 7.70. The van der Waals surface area contributed by atoms with Crippen LogP contribution in [0, 0.1) is 11.9 Å². The molecule has 0 atom stereocenters. The fourth-order valence-electron chi connectivity index (χ4n) is 3.53. The van der Waals surface area contributed by atoms with Gasteiger partial charge in [-0.2, -0.15) is 0 Å². The summed E-state index contributed by atoms with van der Waals surface area (Å²) in [5.41, 5.74) is 4.04. The van der Waals surface area contributed by atoms with Gasteiger partial charge in [0.15, 0.2) is 11.5 Å². The molecule has 4 rings (SSSR count). The minimum atomic E-state index is -0.459. The number of pyridine rings is 1. The molecule has 1 heterocycles. The number of phenols is 1. The molecule has 1 radical (unpaired) electrons. The quantitative estimate of drug-likeness (QED) is 0.376. The lowest BCUT2D eigenvalue weighted by atomic mass is 10.0. The summed E-state index contributed by atoms with van der Waals surface area (Å²) < 4.78 is 20.1. The SMILES string of the molecule is COc1cc(-c2cc3c(Nc4ccc(CN(C)C)cc4)[c]cnc3cc2F)cc(Cl)c1O. The molecule has 0 aliphatic heterocycles. The van der Waals surface area contributed by atoms with E-state index in [1.54, 1.807) is 12.1 Å². The van der Waals surface area contributed by atoms with Crippen LogP contribution in [0.3, 0.4) is 0 Å². The summed E-state index contributed by atoms with van der Waals surface area (Å²) in [5.74, 6) is -0.478. The molecule has 0 aliphatic carbocycles. The van der Waals surface area contributed by atoms with E-state index in [2.05, 4.69) is 33.4 Å². The Morgan fingerprint density at radius 2 is 1.91 bits per heavy atom. The van der Waals surface area contributed by atoms with Gasteiger partial charge >= 0.3 is 0 Å². The van der Waals surface area contributed by atoms with Crippen LogP contribution in [-0.4, -0.2) is 36.2 Å². The molecule has 1 aromatic heterocycles. The Bertz CT molecular complexity index is 1280. The van der Waals surface area contributed by atoms with Gasteiger partial charge in [-0.1, -0.05) is 23.7 Å². The zero-order valence-electron chi connectivity index (χ0n) is 17.9. The highest BCUT2D eigenvalue weighted by atomic mass is 35.5. The molecule has 0 bridgehead atoms. The first-order chi connectivity index (χ1) is 15.4. The van der Waals surface area contributed by atoms with Crippen LogP contribution in [0.15, 0.2) is 54.7 Å². The number of rotatable bonds is 6. The highest BCUT2D eigenvalue weighted by Crippen LogP contribution is 2.40. The molecule has 4 aromatic rings. The monoisotopic (exact) mass is 450 g/mol.